The van der Waals surface area contributed by atoms with Gasteiger partial charge in [0.2, 0.25) is 0 Å². The number of hydrogen-bond acceptors (Lipinski definition) is 3. The maximum atomic E-state index is 14.0. The van der Waals surface area contributed by atoms with Crippen LogP contribution < -0.4 is 5.73 Å². The van der Waals surface area contributed by atoms with Crippen LogP contribution in [0.2, 0.25) is 0 Å². The second-order valence-corrected chi connectivity index (χ2v) is 4.51. The van der Waals surface area contributed by atoms with Gasteiger partial charge in [-0.3, -0.25) is 4.90 Å². The molecule has 1 fully saturated rings. The predicted octanol–water partition coefficient (Wildman–Crippen LogP) is 1.51. The van der Waals surface area contributed by atoms with Crippen molar-refractivity contribution in [3.8, 4) is 0 Å². The first-order valence-corrected chi connectivity index (χ1v) is 6.01. The number of rotatable bonds is 3. The highest BCUT2D eigenvalue weighted by Crippen LogP contribution is 2.16. The highest BCUT2D eigenvalue weighted by Gasteiger charge is 2.18. The average molecular weight is 238 g/mol. The van der Waals surface area contributed by atoms with Gasteiger partial charge in [-0.15, -0.1) is 0 Å². The van der Waals surface area contributed by atoms with E-state index < -0.39 is 0 Å². The molecule has 3 nitrogen and oxygen atoms in total. The first-order chi connectivity index (χ1) is 8.20. The molecule has 1 unspecified atom stereocenters. The van der Waals surface area contributed by atoms with Crippen LogP contribution in [-0.4, -0.2) is 30.7 Å². The molecule has 0 aliphatic carbocycles. The Balaban J connectivity index is 2.07. The van der Waals surface area contributed by atoms with Crippen LogP contribution in [0, 0.1) is 5.82 Å². The second-order valence-electron chi connectivity index (χ2n) is 4.51. The van der Waals surface area contributed by atoms with Crippen molar-refractivity contribution in [2.75, 3.05) is 19.7 Å². The summed E-state index contributed by atoms with van der Waals surface area (Å²) in [6.07, 6.45) is 0.226. The average Bonchev–Trinajstić information content (AvgIpc) is 2.32. The van der Waals surface area contributed by atoms with E-state index in [4.69, 9.17) is 10.5 Å². The maximum absolute atomic E-state index is 14.0. The molecule has 1 aliphatic rings. The van der Waals surface area contributed by atoms with Crippen molar-refractivity contribution in [1.29, 1.82) is 0 Å². The van der Waals surface area contributed by atoms with Gasteiger partial charge in [-0.2, -0.15) is 0 Å². The Morgan fingerprint density at radius 1 is 1.47 bits per heavy atom. The fraction of sp³-hybridized carbons (Fsp3) is 0.538. The van der Waals surface area contributed by atoms with E-state index in [2.05, 4.69) is 4.90 Å². The molecule has 0 aromatic heterocycles. The summed E-state index contributed by atoms with van der Waals surface area (Å²) in [4.78, 5) is 2.22. The van der Waals surface area contributed by atoms with E-state index in [-0.39, 0.29) is 18.5 Å². The van der Waals surface area contributed by atoms with Gasteiger partial charge in [0.1, 0.15) is 5.82 Å². The summed E-state index contributed by atoms with van der Waals surface area (Å²) in [7, 11) is 0. The van der Waals surface area contributed by atoms with Crippen molar-refractivity contribution in [2.24, 2.45) is 5.73 Å². The molecule has 1 atom stereocenters. The van der Waals surface area contributed by atoms with E-state index in [0.29, 0.717) is 12.1 Å². The summed E-state index contributed by atoms with van der Waals surface area (Å²) in [5, 5.41) is 0. The van der Waals surface area contributed by atoms with Crippen LogP contribution in [0.5, 0.6) is 0 Å². The number of halogens is 1. The summed E-state index contributed by atoms with van der Waals surface area (Å²) in [6.45, 7) is 5.35. The molecule has 4 heteroatoms. The number of nitrogens with two attached hydrogens (primary N) is 1. The number of ether oxygens (including phenoxy) is 1. The van der Waals surface area contributed by atoms with Gasteiger partial charge in [-0.05, 0) is 6.92 Å². The normalized spacial score (nSPS) is 21.7. The molecule has 1 heterocycles. The minimum Gasteiger partial charge on any atom is -0.376 e. The zero-order valence-corrected chi connectivity index (χ0v) is 10.2. The molecular weight excluding hydrogens is 219 g/mol. The van der Waals surface area contributed by atoms with Gasteiger partial charge in [-0.25, -0.2) is 4.39 Å². The summed E-state index contributed by atoms with van der Waals surface area (Å²) >= 11 is 0. The standard InChI is InChI=1S/C13H19FN2O/c1-10-8-16(5-6-17-10)9-12-4-2-3-11(7-15)13(12)14/h2-4,10H,5-9,15H2,1H3. The molecule has 1 saturated heterocycles. The van der Waals surface area contributed by atoms with Crippen LogP contribution in [0.15, 0.2) is 18.2 Å². The number of morpholine rings is 1. The van der Waals surface area contributed by atoms with Crippen molar-refractivity contribution in [1.82, 2.24) is 4.90 Å². The van der Waals surface area contributed by atoms with E-state index in [9.17, 15) is 4.39 Å². The minimum absolute atomic E-state index is 0.158. The predicted molar refractivity (Wildman–Crippen MR) is 65.0 cm³/mol. The van der Waals surface area contributed by atoms with Gasteiger partial charge in [0.25, 0.3) is 0 Å². The topological polar surface area (TPSA) is 38.5 Å². The van der Waals surface area contributed by atoms with Crippen molar-refractivity contribution in [3.63, 3.8) is 0 Å². The van der Waals surface area contributed by atoms with Crippen molar-refractivity contribution >= 4 is 0 Å². The molecule has 2 N–H and O–H groups in total. The summed E-state index contributed by atoms with van der Waals surface area (Å²) in [5.41, 5.74) is 6.81. The van der Waals surface area contributed by atoms with Gasteiger partial charge in [0.15, 0.2) is 0 Å². The quantitative estimate of drug-likeness (QED) is 0.867. The Morgan fingerprint density at radius 3 is 2.94 bits per heavy atom. The highest BCUT2D eigenvalue weighted by atomic mass is 19.1. The van der Waals surface area contributed by atoms with Gasteiger partial charge in [0, 0.05) is 37.3 Å². The van der Waals surface area contributed by atoms with Gasteiger partial charge < -0.3 is 10.5 Å². The van der Waals surface area contributed by atoms with Crippen LogP contribution >= 0.6 is 0 Å². The van der Waals surface area contributed by atoms with Crippen molar-refractivity contribution in [2.45, 2.75) is 26.1 Å². The third-order valence-corrected chi connectivity index (χ3v) is 3.10. The van der Waals surface area contributed by atoms with Crippen LogP contribution in [-0.2, 0) is 17.8 Å². The molecule has 1 aromatic rings. The summed E-state index contributed by atoms with van der Waals surface area (Å²) in [5.74, 6) is -0.158. The van der Waals surface area contributed by atoms with E-state index in [1.165, 1.54) is 0 Å². The van der Waals surface area contributed by atoms with Crippen molar-refractivity contribution < 1.29 is 9.13 Å². The minimum atomic E-state index is -0.158. The van der Waals surface area contributed by atoms with E-state index in [1.54, 1.807) is 6.07 Å². The molecule has 94 valence electrons. The zero-order valence-electron chi connectivity index (χ0n) is 10.2. The Kier molecular flexibility index (Phi) is 4.10. The Hall–Kier alpha value is -0.970. The molecular formula is C13H19FN2O. The Labute approximate surface area is 101 Å². The molecule has 0 bridgehead atoms. The fourth-order valence-electron chi connectivity index (χ4n) is 2.19. The molecule has 1 aromatic carbocycles. The number of benzene rings is 1. The van der Waals surface area contributed by atoms with Gasteiger partial charge in [-0.1, -0.05) is 18.2 Å². The van der Waals surface area contributed by atoms with Crippen LogP contribution in [0.4, 0.5) is 4.39 Å². The smallest absolute Gasteiger partial charge is 0.132 e. The van der Waals surface area contributed by atoms with Gasteiger partial charge >= 0.3 is 0 Å². The van der Waals surface area contributed by atoms with E-state index >= 15 is 0 Å². The lowest BCUT2D eigenvalue weighted by molar-refractivity contribution is -0.0215. The lowest BCUT2D eigenvalue weighted by Gasteiger charge is -2.31. The Bertz CT molecular complexity index is 384. The van der Waals surface area contributed by atoms with Crippen LogP contribution in [0.25, 0.3) is 0 Å². The third-order valence-electron chi connectivity index (χ3n) is 3.10. The number of nitrogens with zero attached hydrogens (tertiary/aromatic N) is 1. The lowest BCUT2D eigenvalue weighted by Crippen LogP contribution is -2.40. The molecule has 0 radical (unpaired) electrons. The maximum Gasteiger partial charge on any atom is 0.132 e. The van der Waals surface area contributed by atoms with E-state index in [0.717, 1.165) is 25.3 Å². The zero-order chi connectivity index (χ0) is 12.3. The fourth-order valence-corrected chi connectivity index (χ4v) is 2.19. The van der Waals surface area contributed by atoms with Crippen LogP contribution in [0.3, 0.4) is 0 Å². The molecule has 0 amide bonds. The molecule has 0 saturated carbocycles. The lowest BCUT2D eigenvalue weighted by atomic mass is 10.1. The highest BCUT2D eigenvalue weighted by molar-refractivity contribution is 5.25. The SMILES string of the molecule is CC1CN(Cc2cccc(CN)c2F)CCO1. The molecule has 1 aliphatic heterocycles. The first kappa shape index (κ1) is 12.5. The summed E-state index contributed by atoms with van der Waals surface area (Å²) in [6, 6.07) is 5.43. The largest absolute Gasteiger partial charge is 0.376 e. The second kappa shape index (κ2) is 5.58. The third kappa shape index (κ3) is 3.03. The monoisotopic (exact) mass is 238 g/mol. The summed E-state index contributed by atoms with van der Waals surface area (Å²) < 4.78 is 19.5. The van der Waals surface area contributed by atoms with E-state index in [1.807, 2.05) is 19.1 Å². The first-order valence-electron chi connectivity index (χ1n) is 6.01. The molecule has 0 spiro atoms. The van der Waals surface area contributed by atoms with Crippen LogP contribution in [0.1, 0.15) is 18.1 Å². The van der Waals surface area contributed by atoms with Gasteiger partial charge in [0.05, 0.1) is 12.7 Å². The molecule has 17 heavy (non-hydrogen) atoms. The van der Waals surface area contributed by atoms with Crippen molar-refractivity contribution in [3.05, 3.63) is 35.1 Å². The Morgan fingerprint density at radius 2 is 2.24 bits per heavy atom. The molecule has 2 rings (SSSR count). The number of hydrogen-bond donors (Lipinski definition) is 1.